The summed E-state index contributed by atoms with van der Waals surface area (Å²) in [6, 6.07) is 33.5. The van der Waals surface area contributed by atoms with Crippen LogP contribution in [-0.4, -0.2) is 9.55 Å². The maximum atomic E-state index is 6.78. The van der Waals surface area contributed by atoms with E-state index in [0.29, 0.717) is 6.01 Å². The van der Waals surface area contributed by atoms with E-state index in [1.54, 1.807) is 0 Å². The zero-order valence-electron chi connectivity index (χ0n) is 22.4. The van der Waals surface area contributed by atoms with Gasteiger partial charge in [0.15, 0.2) is 5.58 Å². The fraction of sp³-hybridized carbons (Fsp3) is 0.0541. The third kappa shape index (κ3) is 3.07. The predicted octanol–water partition coefficient (Wildman–Crippen LogP) is 11.4. The first-order valence-corrected chi connectivity index (χ1v) is 15.9. The number of benzene rings is 5. The minimum Gasteiger partial charge on any atom is -0.423 e. The normalized spacial score (nSPS) is 14.0. The van der Waals surface area contributed by atoms with Gasteiger partial charge in [0.1, 0.15) is 5.52 Å². The van der Waals surface area contributed by atoms with Crippen molar-refractivity contribution in [3.63, 3.8) is 0 Å². The van der Waals surface area contributed by atoms with Gasteiger partial charge in [-0.15, -0.1) is 22.7 Å². The summed E-state index contributed by atoms with van der Waals surface area (Å²) >= 11 is 3.72. The number of nitrogens with zero attached hydrogens (tertiary/aromatic N) is 2. The van der Waals surface area contributed by atoms with Gasteiger partial charge in [-0.1, -0.05) is 72.8 Å². The van der Waals surface area contributed by atoms with Gasteiger partial charge in [0.05, 0.1) is 11.0 Å². The van der Waals surface area contributed by atoms with Gasteiger partial charge in [0, 0.05) is 51.1 Å². The van der Waals surface area contributed by atoms with E-state index in [4.69, 9.17) is 9.40 Å². The molecule has 3 nitrogen and oxygen atoms in total. The molecule has 0 N–H and O–H groups in total. The second-order valence-electron chi connectivity index (χ2n) is 11.0. The van der Waals surface area contributed by atoms with Crippen molar-refractivity contribution in [2.75, 3.05) is 0 Å². The molecule has 9 aromatic rings. The van der Waals surface area contributed by atoms with Gasteiger partial charge in [-0.2, -0.15) is 4.98 Å². The van der Waals surface area contributed by atoms with Crippen LogP contribution in [0.25, 0.3) is 84.8 Å². The van der Waals surface area contributed by atoms with Gasteiger partial charge >= 0.3 is 6.01 Å². The molecule has 5 aromatic carbocycles. The number of hydrogen-bond donors (Lipinski definition) is 0. The average molecular weight is 575 g/mol. The third-order valence-electron chi connectivity index (χ3n) is 8.72. The monoisotopic (exact) mass is 574 g/mol. The lowest BCUT2D eigenvalue weighted by Crippen LogP contribution is -1.93. The standard InChI is InChI=1S/C37H22N2OS2/c1-2-10-21(11-3-1)25-19-30-35(34-24-14-6-9-17-32(24)42-36(25)34)38-37(40-30)39-28-15-7-4-12-22(28)26-20-33-27(18-29(26)39)23-13-5-8-16-31(23)41-33/h1-2,4-10,12-20H,3,11H2. The molecule has 1 aliphatic carbocycles. The van der Waals surface area contributed by atoms with E-state index in [1.807, 2.05) is 22.7 Å². The summed E-state index contributed by atoms with van der Waals surface area (Å²) in [5.74, 6) is 0. The molecular formula is C37H22N2OS2. The summed E-state index contributed by atoms with van der Waals surface area (Å²) in [5.41, 5.74) is 6.61. The fourth-order valence-corrected chi connectivity index (χ4v) is 9.20. The Balaban J connectivity index is 1.33. The van der Waals surface area contributed by atoms with Crippen LogP contribution in [0, 0.1) is 0 Å². The molecule has 0 radical (unpaired) electrons. The summed E-state index contributed by atoms with van der Waals surface area (Å²) in [6.07, 6.45) is 8.78. The van der Waals surface area contributed by atoms with Crippen molar-refractivity contribution >= 4 is 101 Å². The molecule has 0 fully saturated rings. The van der Waals surface area contributed by atoms with E-state index in [0.717, 1.165) is 35.0 Å². The Labute approximate surface area is 248 Å². The Bertz CT molecular complexity index is 2640. The highest BCUT2D eigenvalue weighted by molar-refractivity contribution is 7.26. The zero-order chi connectivity index (χ0) is 27.4. The van der Waals surface area contributed by atoms with E-state index in [9.17, 15) is 0 Å². The van der Waals surface area contributed by atoms with Crippen molar-refractivity contribution in [3.8, 4) is 6.01 Å². The molecule has 5 heteroatoms. The molecule has 0 amide bonds. The highest BCUT2D eigenvalue weighted by Gasteiger charge is 2.23. The second kappa shape index (κ2) is 8.41. The van der Waals surface area contributed by atoms with Crippen molar-refractivity contribution in [3.05, 3.63) is 115 Å². The van der Waals surface area contributed by atoms with Crippen molar-refractivity contribution in [1.29, 1.82) is 0 Å². The van der Waals surface area contributed by atoms with E-state index in [2.05, 4.69) is 114 Å². The number of fused-ring (bicyclic) bond motifs is 11. The summed E-state index contributed by atoms with van der Waals surface area (Å²) in [7, 11) is 0. The minimum atomic E-state index is 0.612. The Morgan fingerprint density at radius 1 is 0.690 bits per heavy atom. The van der Waals surface area contributed by atoms with Crippen molar-refractivity contribution in [2.45, 2.75) is 12.8 Å². The van der Waals surface area contributed by atoms with Crippen LogP contribution in [0.15, 0.2) is 114 Å². The Morgan fingerprint density at radius 2 is 1.48 bits per heavy atom. The van der Waals surface area contributed by atoms with Crippen LogP contribution in [-0.2, 0) is 0 Å². The zero-order valence-corrected chi connectivity index (χ0v) is 24.1. The predicted molar refractivity (Wildman–Crippen MR) is 180 cm³/mol. The lowest BCUT2D eigenvalue weighted by Gasteiger charge is -2.10. The smallest absolute Gasteiger partial charge is 0.307 e. The third-order valence-corrected chi connectivity index (χ3v) is 11.1. The maximum absolute atomic E-state index is 6.78. The van der Waals surface area contributed by atoms with Crippen molar-refractivity contribution in [2.24, 2.45) is 0 Å². The molecule has 0 bridgehead atoms. The maximum Gasteiger partial charge on any atom is 0.307 e. The molecule has 0 atom stereocenters. The largest absolute Gasteiger partial charge is 0.423 e. The average Bonchev–Trinajstić information content (AvgIpc) is 3.79. The number of rotatable bonds is 2. The topological polar surface area (TPSA) is 31.0 Å². The Hall–Kier alpha value is -4.71. The molecule has 4 heterocycles. The highest BCUT2D eigenvalue weighted by Crippen LogP contribution is 2.45. The fourth-order valence-electron chi connectivity index (χ4n) is 6.82. The van der Waals surface area contributed by atoms with Crippen LogP contribution in [0.1, 0.15) is 18.4 Å². The summed E-state index contributed by atoms with van der Waals surface area (Å²) < 4.78 is 14.2. The van der Waals surface area contributed by atoms with Crippen LogP contribution >= 0.6 is 22.7 Å². The quantitative estimate of drug-likeness (QED) is 0.206. The SMILES string of the molecule is C1=CCCC(c2cc3oc(-n4c5ccccc5c5cc6sc7ccccc7c6cc54)nc3c3c2sc2ccccc23)=C1. The molecule has 10 rings (SSSR count). The molecule has 42 heavy (non-hydrogen) atoms. The van der Waals surface area contributed by atoms with Gasteiger partial charge in [0.25, 0.3) is 0 Å². The number of para-hydroxylation sites is 1. The Morgan fingerprint density at radius 3 is 2.33 bits per heavy atom. The number of aromatic nitrogens is 2. The van der Waals surface area contributed by atoms with Gasteiger partial charge in [-0.25, -0.2) is 0 Å². The first kappa shape index (κ1) is 22.9. The first-order chi connectivity index (χ1) is 20.8. The highest BCUT2D eigenvalue weighted by atomic mass is 32.1. The molecule has 1 aliphatic rings. The molecular weight excluding hydrogens is 553 g/mol. The van der Waals surface area contributed by atoms with Crippen LogP contribution in [0.4, 0.5) is 0 Å². The molecule has 0 spiro atoms. The number of oxazole rings is 1. The molecule has 0 saturated heterocycles. The molecule has 0 unspecified atom stereocenters. The van der Waals surface area contributed by atoms with Gasteiger partial charge in [-0.05, 0) is 60.4 Å². The summed E-state index contributed by atoms with van der Waals surface area (Å²) in [6.45, 7) is 0. The van der Waals surface area contributed by atoms with E-state index in [-0.39, 0.29) is 0 Å². The molecule has 198 valence electrons. The number of hydrogen-bond acceptors (Lipinski definition) is 4. The van der Waals surface area contributed by atoms with Crippen LogP contribution in [0.3, 0.4) is 0 Å². The molecule has 0 saturated carbocycles. The van der Waals surface area contributed by atoms with Crippen LogP contribution < -0.4 is 0 Å². The summed E-state index contributed by atoms with van der Waals surface area (Å²) in [5, 5.41) is 7.43. The minimum absolute atomic E-state index is 0.612. The summed E-state index contributed by atoms with van der Waals surface area (Å²) in [4.78, 5) is 5.29. The van der Waals surface area contributed by atoms with E-state index < -0.39 is 0 Å². The number of thiophene rings is 2. The van der Waals surface area contributed by atoms with Crippen LogP contribution in [0.2, 0.25) is 0 Å². The first-order valence-electron chi connectivity index (χ1n) is 14.3. The van der Waals surface area contributed by atoms with Crippen LogP contribution in [0.5, 0.6) is 0 Å². The van der Waals surface area contributed by atoms with E-state index >= 15 is 0 Å². The molecule has 4 aromatic heterocycles. The van der Waals surface area contributed by atoms with Crippen molar-refractivity contribution in [1.82, 2.24) is 9.55 Å². The lowest BCUT2D eigenvalue weighted by atomic mass is 9.95. The van der Waals surface area contributed by atoms with Gasteiger partial charge < -0.3 is 4.42 Å². The van der Waals surface area contributed by atoms with Gasteiger partial charge in [0.2, 0.25) is 0 Å². The van der Waals surface area contributed by atoms with Crippen molar-refractivity contribution < 1.29 is 4.42 Å². The van der Waals surface area contributed by atoms with E-state index in [1.165, 1.54) is 62.3 Å². The molecule has 0 aliphatic heterocycles. The lowest BCUT2D eigenvalue weighted by molar-refractivity contribution is 0.574. The number of allylic oxidation sites excluding steroid dienone is 4. The van der Waals surface area contributed by atoms with Gasteiger partial charge in [-0.3, -0.25) is 4.57 Å². The second-order valence-corrected chi connectivity index (χ2v) is 13.2. The Kier molecular flexibility index (Phi) is 4.59.